The summed E-state index contributed by atoms with van der Waals surface area (Å²) < 4.78 is 0. The van der Waals surface area contributed by atoms with E-state index in [9.17, 15) is 24.3 Å². The molecule has 0 radical (unpaired) electrons. The van der Waals surface area contributed by atoms with E-state index in [0.717, 1.165) is 22.4 Å². The highest BCUT2D eigenvalue weighted by molar-refractivity contribution is 5.83. The Hall–Kier alpha value is -4.61. The van der Waals surface area contributed by atoms with E-state index < -0.39 is 23.0 Å². The second-order valence-electron chi connectivity index (χ2n) is 15.4. The maximum Gasteiger partial charge on any atom is 0.238 e. The van der Waals surface area contributed by atoms with Crippen molar-refractivity contribution in [3.8, 4) is 11.3 Å². The number of carbonyl (C=O) groups excluding carboxylic acids is 4. The Morgan fingerprint density at radius 2 is 1.35 bits per heavy atom. The van der Waals surface area contributed by atoms with E-state index in [0.29, 0.717) is 25.8 Å². The van der Waals surface area contributed by atoms with E-state index in [1.807, 2.05) is 100 Å². The Balaban J connectivity index is 1.35. The number of carbonyl (C=O) groups is 4. The fourth-order valence-electron chi connectivity index (χ4n) is 7.43. The van der Waals surface area contributed by atoms with Crippen molar-refractivity contribution in [2.45, 2.75) is 91.6 Å². The molecule has 4 amide bonds. The summed E-state index contributed by atoms with van der Waals surface area (Å²) in [6.45, 7) is 11.2. The van der Waals surface area contributed by atoms with Gasteiger partial charge in [0.2, 0.25) is 23.6 Å². The lowest BCUT2D eigenvalue weighted by molar-refractivity contribution is -0.146. The number of hydrogen-bond acceptors (Lipinski definition) is 7. The molecule has 2 aliphatic rings. The summed E-state index contributed by atoms with van der Waals surface area (Å²) in [4.78, 5) is 55.5. The second kappa shape index (κ2) is 15.7. The molecule has 3 aromatic rings. The van der Waals surface area contributed by atoms with Gasteiger partial charge in [0.05, 0.1) is 17.8 Å². The molecule has 272 valence electrons. The van der Waals surface area contributed by atoms with Crippen LogP contribution >= 0.6 is 0 Å². The first-order valence-electron chi connectivity index (χ1n) is 17.8. The molecule has 1 heterocycles. The van der Waals surface area contributed by atoms with E-state index in [2.05, 4.69) is 26.4 Å². The smallest absolute Gasteiger partial charge is 0.238 e. The van der Waals surface area contributed by atoms with E-state index in [4.69, 9.17) is 0 Å². The van der Waals surface area contributed by atoms with Gasteiger partial charge in [-0.05, 0) is 53.4 Å². The fourth-order valence-corrected chi connectivity index (χ4v) is 7.43. The van der Waals surface area contributed by atoms with E-state index >= 15 is 0 Å². The van der Waals surface area contributed by atoms with E-state index in [-0.39, 0.29) is 54.1 Å². The van der Waals surface area contributed by atoms with Crippen molar-refractivity contribution in [1.82, 2.24) is 31.4 Å². The predicted molar refractivity (Wildman–Crippen MR) is 195 cm³/mol. The number of benzene rings is 2. The van der Waals surface area contributed by atoms with Crippen molar-refractivity contribution in [1.29, 1.82) is 0 Å². The predicted octanol–water partition coefficient (Wildman–Crippen LogP) is 3.77. The number of aliphatic hydroxyl groups is 1. The molecule has 6 atom stereocenters. The van der Waals surface area contributed by atoms with Crippen LogP contribution in [0.5, 0.6) is 0 Å². The van der Waals surface area contributed by atoms with Crippen LogP contribution in [0.1, 0.15) is 65.5 Å². The molecule has 2 saturated carbocycles. The van der Waals surface area contributed by atoms with Gasteiger partial charge in [-0.2, -0.15) is 0 Å². The summed E-state index contributed by atoms with van der Waals surface area (Å²) in [7, 11) is 0. The van der Waals surface area contributed by atoms with Gasteiger partial charge in [-0.25, -0.2) is 5.01 Å². The van der Waals surface area contributed by atoms with Crippen molar-refractivity contribution in [2.75, 3.05) is 6.54 Å². The topological polar surface area (TPSA) is 153 Å². The standard InChI is InChI=1S/C40H52N6O5/c1-25(47)42-35-21-30(39(35,3)4)37(50)44-33(20-27-12-8-7-9-13-27)34(49)24-46(45-38(51)31-22-36(40(31,5)6)43-26(2)48)23-28-15-17-29(18-16-28)32-14-10-11-19-41-32/h7-19,30-31,33-36,49H,20-24H2,1-6H3,(H,42,47)(H,43,48)(H,44,50)(H,45,51)/t30-,31-,33+,34+,35-,36-/m1/s1. The summed E-state index contributed by atoms with van der Waals surface area (Å²) in [6.07, 6.45) is 2.10. The van der Waals surface area contributed by atoms with Crippen LogP contribution in [0.25, 0.3) is 11.3 Å². The third-order valence-electron chi connectivity index (χ3n) is 11.0. The van der Waals surface area contributed by atoms with Crippen molar-refractivity contribution in [2.24, 2.45) is 22.7 Å². The van der Waals surface area contributed by atoms with Crippen LogP contribution in [0.15, 0.2) is 79.0 Å². The molecule has 0 saturated heterocycles. The Labute approximate surface area is 301 Å². The summed E-state index contributed by atoms with van der Waals surface area (Å²) in [6, 6.07) is 22.4. The van der Waals surface area contributed by atoms with E-state index in [1.165, 1.54) is 13.8 Å². The summed E-state index contributed by atoms with van der Waals surface area (Å²) >= 11 is 0. The van der Waals surface area contributed by atoms with Gasteiger partial charge in [0.15, 0.2) is 0 Å². The minimum Gasteiger partial charge on any atom is -0.390 e. The molecular weight excluding hydrogens is 644 g/mol. The lowest BCUT2D eigenvalue weighted by Crippen LogP contribution is -2.64. The van der Waals surface area contributed by atoms with Gasteiger partial charge < -0.3 is 21.1 Å². The zero-order valence-electron chi connectivity index (χ0n) is 30.5. The highest BCUT2D eigenvalue weighted by atomic mass is 16.3. The van der Waals surface area contributed by atoms with Gasteiger partial charge in [0.1, 0.15) is 0 Å². The Morgan fingerprint density at radius 1 is 0.784 bits per heavy atom. The van der Waals surface area contributed by atoms with Crippen LogP contribution in [0.2, 0.25) is 0 Å². The number of hydrazine groups is 1. The molecular formula is C40H52N6O5. The van der Waals surface area contributed by atoms with Crippen LogP contribution in [-0.2, 0) is 32.1 Å². The second-order valence-corrected chi connectivity index (χ2v) is 15.4. The number of nitrogens with zero attached hydrogens (tertiary/aromatic N) is 2. The molecule has 11 heteroatoms. The number of pyridine rings is 1. The maximum absolute atomic E-state index is 13.8. The normalized spacial score (nSPS) is 22.7. The minimum absolute atomic E-state index is 0.0381. The highest BCUT2D eigenvalue weighted by Gasteiger charge is 2.53. The number of aliphatic hydroxyl groups excluding tert-OH is 1. The van der Waals surface area contributed by atoms with Gasteiger partial charge in [0, 0.05) is 62.6 Å². The number of rotatable bonds is 14. The first kappa shape index (κ1) is 37.6. The molecule has 5 N–H and O–H groups in total. The van der Waals surface area contributed by atoms with Gasteiger partial charge in [-0.1, -0.05) is 88.4 Å². The average Bonchev–Trinajstić information content (AvgIpc) is 3.08. The number of hydrogen-bond donors (Lipinski definition) is 5. The molecule has 0 unspecified atom stereocenters. The highest BCUT2D eigenvalue weighted by Crippen LogP contribution is 2.47. The summed E-state index contributed by atoms with van der Waals surface area (Å²) in [5.74, 6) is -1.32. The zero-order chi connectivity index (χ0) is 36.9. The summed E-state index contributed by atoms with van der Waals surface area (Å²) in [5.41, 5.74) is 5.84. The van der Waals surface area contributed by atoms with Crippen LogP contribution in [0, 0.1) is 22.7 Å². The molecule has 11 nitrogen and oxygen atoms in total. The monoisotopic (exact) mass is 696 g/mol. The van der Waals surface area contributed by atoms with Gasteiger partial charge in [-0.15, -0.1) is 0 Å². The Kier molecular flexibility index (Phi) is 11.6. The van der Waals surface area contributed by atoms with Gasteiger partial charge in [0.25, 0.3) is 0 Å². The van der Waals surface area contributed by atoms with Gasteiger partial charge >= 0.3 is 0 Å². The van der Waals surface area contributed by atoms with Gasteiger partial charge in [-0.3, -0.25) is 29.6 Å². The molecule has 2 aromatic carbocycles. The zero-order valence-corrected chi connectivity index (χ0v) is 30.5. The summed E-state index contributed by atoms with van der Waals surface area (Å²) in [5, 5.41) is 22.6. The molecule has 2 fully saturated rings. The first-order chi connectivity index (χ1) is 24.1. The lowest BCUT2D eigenvalue weighted by atomic mass is 9.58. The van der Waals surface area contributed by atoms with Crippen LogP contribution in [0.4, 0.5) is 0 Å². The lowest BCUT2D eigenvalue weighted by Gasteiger charge is -2.51. The third-order valence-corrected chi connectivity index (χ3v) is 11.0. The first-order valence-corrected chi connectivity index (χ1v) is 17.8. The van der Waals surface area contributed by atoms with Crippen molar-refractivity contribution < 1.29 is 24.3 Å². The van der Waals surface area contributed by atoms with Crippen LogP contribution in [0.3, 0.4) is 0 Å². The molecule has 2 aliphatic carbocycles. The largest absolute Gasteiger partial charge is 0.390 e. The van der Waals surface area contributed by atoms with Crippen molar-refractivity contribution in [3.63, 3.8) is 0 Å². The SMILES string of the molecule is CC(=O)N[C@@H]1C[C@H](C(=O)N[C@@H](Cc2ccccc2)[C@@H](O)CN(Cc2ccc(-c3ccccn3)cc2)NC(=O)[C@H]2C[C@@H](NC(C)=O)C2(C)C)C1(C)C. The number of nitrogens with one attached hydrogen (secondary N) is 4. The van der Waals surface area contributed by atoms with E-state index in [1.54, 1.807) is 11.2 Å². The molecule has 51 heavy (non-hydrogen) atoms. The average molecular weight is 697 g/mol. The molecule has 0 spiro atoms. The van der Waals surface area contributed by atoms with Crippen LogP contribution in [-0.4, -0.2) is 69.5 Å². The minimum atomic E-state index is -1.06. The van der Waals surface area contributed by atoms with Crippen molar-refractivity contribution in [3.05, 3.63) is 90.1 Å². The maximum atomic E-state index is 13.8. The quantitative estimate of drug-likeness (QED) is 0.161. The molecule has 0 bridgehead atoms. The molecule has 0 aliphatic heterocycles. The third kappa shape index (κ3) is 9.01. The van der Waals surface area contributed by atoms with Crippen LogP contribution < -0.4 is 21.4 Å². The number of aromatic nitrogens is 1. The Bertz CT molecular complexity index is 1680. The molecule has 5 rings (SSSR count). The van der Waals surface area contributed by atoms with Crippen molar-refractivity contribution >= 4 is 23.6 Å². The number of amides is 4. The Morgan fingerprint density at radius 3 is 1.88 bits per heavy atom. The molecule has 1 aromatic heterocycles. The fraction of sp³-hybridized carbons (Fsp3) is 0.475.